The normalized spacial score (nSPS) is 13.8. The Balaban J connectivity index is 3.79. The third kappa shape index (κ3) is 32.2. The molecule has 12 nitrogen and oxygen atoms in total. The van der Waals surface area contributed by atoms with Crippen molar-refractivity contribution in [2.24, 2.45) is 5.41 Å². The van der Waals surface area contributed by atoms with Crippen LogP contribution in [0.2, 0.25) is 0 Å². The molecule has 47 heavy (non-hydrogen) atoms. The summed E-state index contributed by atoms with van der Waals surface area (Å²) in [7, 11) is 0. The Morgan fingerprint density at radius 1 is 0.553 bits per heavy atom. The van der Waals surface area contributed by atoms with E-state index in [4.69, 9.17) is 42.6 Å². The van der Waals surface area contributed by atoms with E-state index in [1.165, 1.54) is 0 Å². The van der Waals surface area contributed by atoms with Crippen LogP contribution < -0.4 is 5.32 Å². The van der Waals surface area contributed by atoms with Gasteiger partial charge in [-0.1, -0.05) is 13.8 Å². The monoisotopic (exact) mass is 682 g/mol. The van der Waals surface area contributed by atoms with Gasteiger partial charge in [-0.05, 0) is 68.2 Å². The molecule has 0 aromatic rings. The fraction of sp³-hybridized carbons (Fsp3) is 0.971. The maximum absolute atomic E-state index is 12.8. The largest absolute Gasteiger partial charge is 0.388 e. The molecule has 0 aromatic carbocycles. The van der Waals surface area contributed by atoms with Gasteiger partial charge in [0.2, 0.25) is 0 Å². The summed E-state index contributed by atoms with van der Waals surface area (Å²) in [5.74, 6) is 0.0334. The van der Waals surface area contributed by atoms with Crippen molar-refractivity contribution in [2.75, 3.05) is 112 Å². The van der Waals surface area contributed by atoms with Crippen LogP contribution in [-0.2, 0) is 47.4 Å². The molecule has 0 aromatic heterocycles. The summed E-state index contributed by atoms with van der Waals surface area (Å²) in [5, 5.41) is 13.6. The number of nitrogens with one attached hydrogen (secondary N) is 1. The molecule has 0 aliphatic heterocycles. The Kier molecular flexibility index (Phi) is 25.7. The number of hydrogen-bond donors (Lipinski definition) is 2. The van der Waals surface area contributed by atoms with Crippen LogP contribution in [0.15, 0.2) is 0 Å². The number of ketones is 1. The van der Waals surface area contributed by atoms with Crippen LogP contribution >= 0.6 is 0 Å². The first kappa shape index (κ1) is 46.2. The van der Waals surface area contributed by atoms with Crippen molar-refractivity contribution in [1.29, 1.82) is 0 Å². The van der Waals surface area contributed by atoms with Crippen LogP contribution in [0.5, 0.6) is 0 Å². The van der Waals surface area contributed by atoms with E-state index in [1.807, 2.05) is 48.5 Å². The molecule has 282 valence electrons. The first-order chi connectivity index (χ1) is 21.9. The van der Waals surface area contributed by atoms with Gasteiger partial charge in [-0.2, -0.15) is 0 Å². The Morgan fingerprint density at radius 2 is 1.00 bits per heavy atom. The zero-order valence-electron chi connectivity index (χ0n) is 31.5. The van der Waals surface area contributed by atoms with Crippen LogP contribution in [0.3, 0.4) is 0 Å². The van der Waals surface area contributed by atoms with Gasteiger partial charge in [0.15, 0.2) is 5.78 Å². The van der Waals surface area contributed by atoms with Crippen LogP contribution in [0.25, 0.3) is 0 Å². The van der Waals surface area contributed by atoms with Gasteiger partial charge in [-0.3, -0.25) is 4.79 Å². The van der Waals surface area contributed by atoms with Crippen molar-refractivity contribution in [2.45, 2.75) is 105 Å². The van der Waals surface area contributed by atoms with Gasteiger partial charge >= 0.3 is 0 Å². The molecule has 12 heteroatoms. The van der Waals surface area contributed by atoms with Crippen molar-refractivity contribution < 1.29 is 52.5 Å². The molecule has 0 fully saturated rings. The Morgan fingerprint density at radius 3 is 1.49 bits per heavy atom. The number of rotatable bonds is 32. The molecule has 0 saturated carbocycles. The van der Waals surface area contributed by atoms with Gasteiger partial charge in [-0.25, -0.2) is 0 Å². The van der Waals surface area contributed by atoms with Gasteiger partial charge in [0, 0.05) is 17.5 Å². The van der Waals surface area contributed by atoms with Gasteiger partial charge in [-0.15, -0.1) is 0 Å². The predicted octanol–water partition coefficient (Wildman–Crippen LogP) is 3.84. The van der Waals surface area contributed by atoms with E-state index in [9.17, 15) is 9.90 Å². The summed E-state index contributed by atoms with van der Waals surface area (Å²) in [4.78, 5) is 12.8. The second-order valence-electron chi connectivity index (χ2n) is 14.9. The van der Waals surface area contributed by atoms with Crippen LogP contribution in [-0.4, -0.2) is 146 Å². The fourth-order valence-corrected chi connectivity index (χ4v) is 3.78. The molecule has 0 amide bonds. The lowest BCUT2D eigenvalue weighted by Gasteiger charge is -2.31. The first-order valence-electron chi connectivity index (χ1n) is 17.2. The van der Waals surface area contributed by atoms with Crippen LogP contribution in [0.4, 0.5) is 0 Å². The Hall–Kier alpha value is -0.770. The smallest absolute Gasteiger partial charge is 0.164 e. The van der Waals surface area contributed by atoms with E-state index >= 15 is 0 Å². The van der Waals surface area contributed by atoms with Gasteiger partial charge in [0.05, 0.1) is 110 Å². The lowest BCUT2D eigenvalue weighted by Crippen LogP contribution is -2.38. The highest BCUT2D eigenvalue weighted by atomic mass is 16.6. The van der Waals surface area contributed by atoms with Crippen molar-refractivity contribution >= 4 is 5.78 Å². The molecule has 0 bridgehead atoms. The molecule has 0 heterocycles. The second-order valence-corrected chi connectivity index (χ2v) is 14.9. The first-order valence-corrected chi connectivity index (χ1v) is 17.2. The van der Waals surface area contributed by atoms with E-state index in [0.29, 0.717) is 98.7 Å². The van der Waals surface area contributed by atoms with E-state index in [2.05, 4.69) is 26.1 Å². The van der Waals surface area contributed by atoms with Gasteiger partial charge in [0.25, 0.3) is 0 Å². The number of aliphatic hydroxyl groups is 1. The molecular weight excluding hydrogens is 610 g/mol. The zero-order valence-corrected chi connectivity index (χ0v) is 31.5. The average Bonchev–Trinajstić information content (AvgIpc) is 2.97. The summed E-state index contributed by atoms with van der Waals surface area (Å²) < 4.78 is 50.1. The molecule has 2 N–H and O–H groups in total. The molecule has 0 spiro atoms. The predicted molar refractivity (Wildman–Crippen MR) is 183 cm³/mol. The maximum Gasteiger partial charge on any atom is 0.164 e. The topological polar surface area (TPSA) is 132 Å². The van der Waals surface area contributed by atoms with Gasteiger partial charge in [0.1, 0.15) is 12.7 Å². The lowest BCUT2D eigenvalue weighted by atomic mass is 9.80. The minimum absolute atomic E-state index is 0.0334. The van der Waals surface area contributed by atoms with Crippen molar-refractivity contribution in [3.05, 3.63) is 0 Å². The molecular formula is C35H71NO11. The van der Waals surface area contributed by atoms with Crippen molar-refractivity contribution in [3.8, 4) is 0 Å². The van der Waals surface area contributed by atoms with E-state index in [0.717, 1.165) is 6.54 Å². The van der Waals surface area contributed by atoms with Crippen molar-refractivity contribution in [3.63, 3.8) is 0 Å². The second kappa shape index (κ2) is 26.1. The Labute approximate surface area is 286 Å². The SMILES string of the molecule is CC(C)(C)NCCOCCOCCOCCOCC(=O)C(C)(C)CCC(C)(C)OCC(O)COCCOCCOCCOC(C)(C)C. The minimum Gasteiger partial charge on any atom is -0.388 e. The summed E-state index contributed by atoms with van der Waals surface area (Å²) in [6, 6.07) is 0. The third-order valence-electron chi connectivity index (χ3n) is 6.84. The molecule has 1 unspecified atom stereocenters. The lowest BCUT2D eigenvalue weighted by molar-refractivity contribution is -0.134. The number of hydrogen-bond acceptors (Lipinski definition) is 12. The molecule has 1 atom stereocenters. The number of ether oxygens (including phenoxy) is 9. The van der Waals surface area contributed by atoms with E-state index < -0.39 is 17.1 Å². The number of carbonyl (C=O) groups is 1. The number of Topliss-reactive ketones (excluding diaryl/α,β-unsaturated/α-hetero) is 1. The quantitative estimate of drug-likeness (QED) is 0.100. The standard InChI is InChI=1S/C35H71NO11/c1-32(2,3)36-13-14-39-15-16-40-17-18-42-22-24-45-29-31(38)34(7,8)11-12-35(9,10)47-28-30(37)27-44-23-21-41-19-20-43-25-26-46-33(4,5)6/h30,36-37H,11-29H2,1-10H3. The molecule has 0 rings (SSSR count). The highest BCUT2D eigenvalue weighted by Crippen LogP contribution is 2.29. The number of carbonyl (C=O) groups excluding carboxylic acids is 1. The average molecular weight is 682 g/mol. The highest BCUT2D eigenvalue weighted by molar-refractivity contribution is 5.85. The summed E-state index contributed by atoms with van der Waals surface area (Å²) in [5.41, 5.74) is -1.14. The molecule has 0 aliphatic carbocycles. The van der Waals surface area contributed by atoms with Crippen LogP contribution in [0.1, 0.15) is 82.1 Å². The maximum atomic E-state index is 12.8. The number of aliphatic hydroxyl groups excluding tert-OH is 1. The third-order valence-corrected chi connectivity index (χ3v) is 6.84. The summed E-state index contributed by atoms with van der Waals surface area (Å²) in [6.45, 7) is 27.6. The molecule has 0 radical (unpaired) electrons. The Bertz CT molecular complexity index is 751. The summed E-state index contributed by atoms with van der Waals surface area (Å²) in [6.07, 6.45) is 0.529. The van der Waals surface area contributed by atoms with E-state index in [1.54, 1.807) is 0 Å². The molecule has 0 aliphatic rings. The minimum atomic E-state index is -0.752. The van der Waals surface area contributed by atoms with Crippen molar-refractivity contribution in [1.82, 2.24) is 5.32 Å². The van der Waals surface area contributed by atoms with Crippen LogP contribution in [0, 0.1) is 5.41 Å². The highest BCUT2D eigenvalue weighted by Gasteiger charge is 2.31. The summed E-state index contributed by atoms with van der Waals surface area (Å²) >= 11 is 0. The molecule has 0 saturated heterocycles. The zero-order chi connectivity index (χ0) is 35.7. The van der Waals surface area contributed by atoms with E-state index in [-0.39, 0.29) is 36.7 Å². The van der Waals surface area contributed by atoms with Gasteiger partial charge < -0.3 is 53.1 Å². The fourth-order valence-electron chi connectivity index (χ4n) is 3.78.